The number of hydrogen-bond donors (Lipinski definition) is 0. The molecular weight excluding hydrogens is 307 g/mol. The van der Waals surface area contributed by atoms with Gasteiger partial charge in [0.25, 0.3) is 0 Å². The van der Waals surface area contributed by atoms with Crippen LogP contribution in [0.3, 0.4) is 0 Å². The number of alkyl halides is 3. The van der Waals surface area contributed by atoms with Crippen LogP contribution in [0, 0.1) is 0 Å². The Morgan fingerprint density at radius 3 is 2.65 bits per heavy atom. The second kappa shape index (κ2) is 7.23. The first kappa shape index (κ1) is 17.6. The maximum atomic E-state index is 12.9. The van der Waals surface area contributed by atoms with Crippen LogP contribution in [-0.2, 0) is 17.3 Å². The van der Waals surface area contributed by atoms with E-state index in [0.717, 1.165) is 25.0 Å². The van der Waals surface area contributed by atoms with E-state index in [1.807, 2.05) is 13.8 Å². The fourth-order valence-electron chi connectivity index (χ4n) is 2.96. The molecule has 1 amide bonds. The average Bonchev–Trinajstić information content (AvgIpc) is 2.51. The number of fused-ring (bicyclic) bond motifs is 1. The Bertz CT molecular complexity index is 557. The third-order valence-corrected chi connectivity index (χ3v) is 4.03. The highest BCUT2D eigenvalue weighted by Crippen LogP contribution is 2.37. The molecule has 1 atom stereocenters. The number of carbonyl (C=O) groups is 1. The van der Waals surface area contributed by atoms with Gasteiger partial charge in [0, 0.05) is 6.04 Å². The Kier molecular flexibility index (Phi) is 5.55. The topological polar surface area (TPSA) is 29.5 Å². The van der Waals surface area contributed by atoms with Crippen molar-refractivity contribution >= 4 is 11.8 Å². The van der Waals surface area contributed by atoms with E-state index in [9.17, 15) is 18.0 Å². The Balaban J connectivity index is 2.35. The largest absolute Gasteiger partial charge is 0.449 e. The van der Waals surface area contributed by atoms with Crippen LogP contribution < -0.4 is 4.90 Å². The molecule has 0 saturated heterocycles. The van der Waals surface area contributed by atoms with Crippen molar-refractivity contribution in [2.45, 2.75) is 58.2 Å². The first-order valence-electron chi connectivity index (χ1n) is 8.04. The van der Waals surface area contributed by atoms with E-state index in [4.69, 9.17) is 4.74 Å². The van der Waals surface area contributed by atoms with E-state index in [-0.39, 0.29) is 6.04 Å². The van der Waals surface area contributed by atoms with E-state index in [1.54, 1.807) is 0 Å². The number of rotatable bonds is 4. The smallest absolute Gasteiger partial charge is 0.416 e. The van der Waals surface area contributed by atoms with Gasteiger partial charge in [-0.3, -0.25) is 4.90 Å². The highest BCUT2D eigenvalue weighted by atomic mass is 19.4. The number of nitrogens with zero attached hydrogens (tertiary/aromatic N) is 1. The first-order valence-corrected chi connectivity index (χ1v) is 8.04. The molecule has 23 heavy (non-hydrogen) atoms. The van der Waals surface area contributed by atoms with Crippen molar-refractivity contribution in [1.82, 2.24) is 0 Å². The van der Waals surface area contributed by atoms with E-state index in [2.05, 4.69) is 0 Å². The van der Waals surface area contributed by atoms with Crippen molar-refractivity contribution in [2.75, 3.05) is 11.5 Å². The van der Waals surface area contributed by atoms with Crippen LogP contribution in [-0.4, -0.2) is 18.7 Å². The fourth-order valence-corrected chi connectivity index (χ4v) is 2.96. The highest BCUT2D eigenvalue weighted by molar-refractivity contribution is 5.90. The fraction of sp³-hybridized carbons (Fsp3) is 0.588. The van der Waals surface area contributed by atoms with Crippen LogP contribution in [0.1, 0.15) is 50.7 Å². The number of benzene rings is 1. The molecule has 0 saturated carbocycles. The number of ether oxygens (including phenoxy) is 1. The number of aryl methyl sites for hydroxylation is 1. The van der Waals surface area contributed by atoms with E-state index in [1.165, 1.54) is 11.0 Å². The van der Waals surface area contributed by atoms with Crippen molar-refractivity contribution in [3.05, 3.63) is 29.3 Å². The quantitative estimate of drug-likeness (QED) is 0.762. The van der Waals surface area contributed by atoms with Gasteiger partial charge in [0.05, 0.1) is 17.9 Å². The van der Waals surface area contributed by atoms with Gasteiger partial charge in [-0.15, -0.1) is 0 Å². The van der Waals surface area contributed by atoms with E-state index >= 15 is 0 Å². The van der Waals surface area contributed by atoms with Gasteiger partial charge >= 0.3 is 12.3 Å². The summed E-state index contributed by atoms with van der Waals surface area (Å²) in [6, 6.07) is 3.56. The minimum Gasteiger partial charge on any atom is -0.449 e. The molecule has 1 aromatic carbocycles. The van der Waals surface area contributed by atoms with Crippen molar-refractivity contribution in [1.29, 1.82) is 0 Å². The summed E-state index contributed by atoms with van der Waals surface area (Å²) in [4.78, 5) is 13.9. The first-order chi connectivity index (χ1) is 10.9. The standard InChI is InChI=1S/C17H22F3NO2/c1-3-5-14-8-6-12-11-13(17(18,19)20)7-9-15(12)21(14)16(22)23-10-4-2/h7,9,11,14H,3-6,8,10H2,1-2H3. The summed E-state index contributed by atoms with van der Waals surface area (Å²) >= 11 is 0. The molecule has 6 heteroatoms. The number of carbonyl (C=O) groups excluding carboxylic acids is 1. The molecule has 128 valence electrons. The van der Waals surface area contributed by atoms with Crippen LogP contribution >= 0.6 is 0 Å². The monoisotopic (exact) mass is 329 g/mol. The van der Waals surface area contributed by atoms with Crippen LogP contribution in [0.25, 0.3) is 0 Å². The summed E-state index contributed by atoms with van der Waals surface area (Å²) in [5.41, 5.74) is 0.427. The van der Waals surface area contributed by atoms with Gasteiger partial charge in [-0.25, -0.2) is 4.79 Å². The molecule has 2 rings (SSSR count). The third kappa shape index (κ3) is 3.98. The molecular formula is C17H22F3NO2. The summed E-state index contributed by atoms with van der Waals surface area (Å²) in [5, 5.41) is 0. The Hall–Kier alpha value is -1.72. The van der Waals surface area contributed by atoms with Crippen LogP contribution in [0.15, 0.2) is 18.2 Å². The molecule has 1 aliphatic heterocycles. The molecule has 0 aliphatic carbocycles. The zero-order valence-corrected chi connectivity index (χ0v) is 13.4. The number of hydrogen-bond acceptors (Lipinski definition) is 2. The summed E-state index contributed by atoms with van der Waals surface area (Å²) in [7, 11) is 0. The lowest BCUT2D eigenvalue weighted by atomic mass is 9.92. The molecule has 0 aromatic heterocycles. The van der Waals surface area contributed by atoms with Gasteiger partial charge in [-0.05, 0) is 49.4 Å². The summed E-state index contributed by atoms with van der Waals surface area (Å²) in [6.45, 7) is 4.23. The molecule has 3 nitrogen and oxygen atoms in total. The lowest BCUT2D eigenvalue weighted by Gasteiger charge is -2.36. The molecule has 1 aliphatic rings. The predicted octanol–water partition coefficient (Wildman–Crippen LogP) is 5.17. The summed E-state index contributed by atoms with van der Waals surface area (Å²) in [6.07, 6.45) is -1.23. The zero-order chi connectivity index (χ0) is 17.0. The van der Waals surface area contributed by atoms with Gasteiger partial charge in [-0.2, -0.15) is 13.2 Å². The van der Waals surface area contributed by atoms with E-state index in [0.29, 0.717) is 37.1 Å². The zero-order valence-electron chi connectivity index (χ0n) is 13.4. The molecule has 1 aromatic rings. The minimum atomic E-state index is -4.37. The maximum Gasteiger partial charge on any atom is 0.416 e. The molecule has 0 N–H and O–H groups in total. The third-order valence-electron chi connectivity index (χ3n) is 4.03. The van der Waals surface area contributed by atoms with Crippen molar-refractivity contribution in [3.63, 3.8) is 0 Å². The van der Waals surface area contributed by atoms with Gasteiger partial charge < -0.3 is 4.74 Å². The Morgan fingerprint density at radius 1 is 1.30 bits per heavy atom. The van der Waals surface area contributed by atoms with Gasteiger partial charge in [0.15, 0.2) is 0 Å². The lowest BCUT2D eigenvalue weighted by Crippen LogP contribution is -2.44. The lowest BCUT2D eigenvalue weighted by molar-refractivity contribution is -0.137. The SMILES string of the molecule is CCCOC(=O)N1c2ccc(C(F)(F)F)cc2CCC1CCC. The van der Waals surface area contributed by atoms with Gasteiger partial charge in [-0.1, -0.05) is 20.3 Å². The molecule has 1 heterocycles. The second-order valence-electron chi connectivity index (χ2n) is 5.81. The second-order valence-corrected chi connectivity index (χ2v) is 5.81. The van der Waals surface area contributed by atoms with Crippen molar-refractivity contribution in [3.8, 4) is 0 Å². The van der Waals surface area contributed by atoms with Crippen LogP contribution in [0.5, 0.6) is 0 Å². The molecule has 1 unspecified atom stereocenters. The highest BCUT2D eigenvalue weighted by Gasteiger charge is 2.35. The molecule has 0 fully saturated rings. The average molecular weight is 329 g/mol. The van der Waals surface area contributed by atoms with Gasteiger partial charge in [0.1, 0.15) is 0 Å². The number of amides is 1. The molecule has 0 radical (unpaired) electrons. The molecule has 0 bridgehead atoms. The van der Waals surface area contributed by atoms with Crippen molar-refractivity contribution in [2.24, 2.45) is 0 Å². The Labute approximate surface area is 134 Å². The predicted molar refractivity (Wildman–Crippen MR) is 82.6 cm³/mol. The minimum absolute atomic E-state index is 0.0198. The number of halogens is 3. The van der Waals surface area contributed by atoms with Crippen LogP contribution in [0.2, 0.25) is 0 Å². The summed E-state index contributed by atoms with van der Waals surface area (Å²) in [5.74, 6) is 0. The maximum absolute atomic E-state index is 12.9. The van der Waals surface area contributed by atoms with Crippen LogP contribution in [0.4, 0.5) is 23.7 Å². The van der Waals surface area contributed by atoms with Gasteiger partial charge in [0.2, 0.25) is 0 Å². The molecule has 0 spiro atoms. The van der Waals surface area contributed by atoms with Crippen molar-refractivity contribution < 1.29 is 22.7 Å². The van der Waals surface area contributed by atoms with E-state index < -0.39 is 17.8 Å². The number of anilines is 1. The normalized spacial score (nSPS) is 17.8. The Morgan fingerprint density at radius 2 is 2.04 bits per heavy atom. The summed E-state index contributed by atoms with van der Waals surface area (Å²) < 4.78 is 43.8.